The van der Waals surface area contributed by atoms with Crippen molar-refractivity contribution in [3.63, 3.8) is 0 Å². The molecule has 1 atom stereocenters. The molecule has 15 heavy (non-hydrogen) atoms. The maximum absolute atomic E-state index is 6.33. The van der Waals surface area contributed by atoms with Gasteiger partial charge in [0.1, 0.15) is 0 Å². The first-order valence-electron chi connectivity index (χ1n) is 5.70. The number of hydrogen-bond acceptors (Lipinski definition) is 2. The van der Waals surface area contributed by atoms with Gasteiger partial charge in [-0.2, -0.15) is 0 Å². The van der Waals surface area contributed by atoms with Gasteiger partial charge in [-0.05, 0) is 31.9 Å². The van der Waals surface area contributed by atoms with Crippen LogP contribution in [0.1, 0.15) is 36.4 Å². The van der Waals surface area contributed by atoms with Crippen LogP contribution in [0.15, 0.2) is 24.3 Å². The van der Waals surface area contributed by atoms with Crippen molar-refractivity contribution in [3.05, 3.63) is 35.4 Å². The fraction of sp³-hybridized carbons (Fsp3) is 0.538. The van der Waals surface area contributed by atoms with Gasteiger partial charge in [-0.1, -0.05) is 36.2 Å². The van der Waals surface area contributed by atoms with Gasteiger partial charge in [0.25, 0.3) is 0 Å². The lowest BCUT2D eigenvalue weighted by Crippen LogP contribution is -2.46. The van der Waals surface area contributed by atoms with Gasteiger partial charge in [-0.15, -0.1) is 0 Å². The number of benzene rings is 1. The van der Waals surface area contributed by atoms with Crippen LogP contribution in [0.5, 0.6) is 0 Å². The summed E-state index contributed by atoms with van der Waals surface area (Å²) < 4.78 is 0. The monoisotopic (exact) mass is 204 g/mol. The highest BCUT2D eigenvalue weighted by atomic mass is 14.8. The topological polar surface area (TPSA) is 52.0 Å². The third-order valence-electron chi connectivity index (χ3n) is 3.82. The standard InChI is InChI=1S/C13H20N2/c1-10-4-2-5-11(8-10)12(15)13(9-14)6-3-7-13/h2,4-5,8,12H,3,6-7,9,14-15H2,1H3. The number of hydrogen-bond donors (Lipinski definition) is 2. The molecule has 4 N–H and O–H groups in total. The SMILES string of the molecule is Cc1cccc(C(N)C2(CN)CCC2)c1. The average molecular weight is 204 g/mol. The Balaban J connectivity index is 2.23. The number of rotatable bonds is 3. The van der Waals surface area contributed by atoms with Gasteiger partial charge < -0.3 is 11.5 Å². The molecular weight excluding hydrogens is 184 g/mol. The molecule has 0 saturated heterocycles. The highest BCUT2D eigenvalue weighted by Gasteiger charge is 2.41. The molecule has 0 spiro atoms. The van der Waals surface area contributed by atoms with Crippen LogP contribution >= 0.6 is 0 Å². The highest BCUT2D eigenvalue weighted by Crippen LogP contribution is 2.48. The molecule has 0 aliphatic heterocycles. The summed E-state index contributed by atoms with van der Waals surface area (Å²) >= 11 is 0. The summed E-state index contributed by atoms with van der Waals surface area (Å²) in [6, 6.07) is 8.59. The fourth-order valence-electron chi connectivity index (χ4n) is 2.49. The maximum Gasteiger partial charge on any atom is 0.0364 e. The van der Waals surface area contributed by atoms with E-state index in [-0.39, 0.29) is 11.5 Å². The van der Waals surface area contributed by atoms with Gasteiger partial charge in [0.15, 0.2) is 0 Å². The lowest BCUT2D eigenvalue weighted by molar-refractivity contribution is 0.105. The van der Waals surface area contributed by atoms with E-state index in [4.69, 9.17) is 11.5 Å². The second kappa shape index (κ2) is 3.95. The average Bonchev–Trinajstić information content (AvgIpc) is 2.17. The zero-order valence-electron chi connectivity index (χ0n) is 9.37. The molecule has 2 heteroatoms. The van der Waals surface area contributed by atoms with Crippen LogP contribution in [0, 0.1) is 12.3 Å². The lowest BCUT2D eigenvalue weighted by atomic mass is 9.62. The van der Waals surface area contributed by atoms with E-state index in [1.165, 1.54) is 30.4 Å². The normalized spacial score (nSPS) is 20.7. The Morgan fingerprint density at radius 3 is 2.60 bits per heavy atom. The zero-order chi connectivity index (χ0) is 10.9. The summed E-state index contributed by atoms with van der Waals surface area (Å²) in [5.74, 6) is 0. The smallest absolute Gasteiger partial charge is 0.0364 e. The van der Waals surface area contributed by atoms with Crippen molar-refractivity contribution < 1.29 is 0 Å². The van der Waals surface area contributed by atoms with Gasteiger partial charge >= 0.3 is 0 Å². The van der Waals surface area contributed by atoms with Crippen LogP contribution in [0.25, 0.3) is 0 Å². The van der Waals surface area contributed by atoms with Gasteiger partial charge in [0, 0.05) is 11.5 Å². The first kappa shape index (κ1) is 10.7. The van der Waals surface area contributed by atoms with Crippen LogP contribution < -0.4 is 11.5 Å². The van der Waals surface area contributed by atoms with Crippen LogP contribution in [0.3, 0.4) is 0 Å². The Kier molecular flexibility index (Phi) is 2.81. The van der Waals surface area contributed by atoms with E-state index >= 15 is 0 Å². The molecule has 1 aliphatic rings. The molecule has 0 radical (unpaired) electrons. The molecular formula is C13H20N2. The Morgan fingerprint density at radius 2 is 2.13 bits per heavy atom. The van der Waals surface area contributed by atoms with E-state index in [0.29, 0.717) is 6.54 Å². The summed E-state index contributed by atoms with van der Waals surface area (Å²) in [5.41, 5.74) is 14.9. The second-order valence-electron chi connectivity index (χ2n) is 4.81. The Labute approximate surface area is 91.7 Å². The summed E-state index contributed by atoms with van der Waals surface area (Å²) in [7, 11) is 0. The molecule has 2 rings (SSSR count). The van der Waals surface area contributed by atoms with E-state index in [1.807, 2.05) is 0 Å². The molecule has 1 aromatic rings. The predicted molar refractivity (Wildman–Crippen MR) is 63.4 cm³/mol. The maximum atomic E-state index is 6.33. The van der Waals surface area contributed by atoms with Crippen LogP contribution in [0.2, 0.25) is 0 Å². The molecule has 0 amide bonds. The molecule has 2 nitrogen and oxygen atoms in total. The van der Waals surface area contributed by atoms with Gasteiger partial charge in [-0.25, -0.2) is 0 Å². The Bertz CT molecular complexity index is 337. The first-order chi connectivity index (χ1) is 7.18. The van der Waals surface area contributed by atoms with Gasteiger partial charge in [0.2, 0.25) is 0 Å². The number of aryl methyl sites for hydroxylation is 1. The van der Waals surface area contributed by atoms with Crippen molar-refractivity contribution >= 4 is 0 Å². The van der Waals surface area contributed by atoms with E-state index in [1.54, 1.807) is 0 Å². The summed E-state index contributed by atoms with van der Waals surface area (Å²) in [6.45, 7) is 2.81. The van der Waals surface area contributed by atoms with E-state index < -0.39 is 0 Å². The number of nitrogens with two attached hydrogens (primary N) is 2. The van der Waals surface area contributed by atoms with Gasteiger partial charge in [-0.3, -0.25) is 0 Å². The first-order valence-corrected chi connectivity index (χ1v) is 5.70. The summed E-state index contributed by atoms with van der Waals surface area (Å²) in [4.78, 5) is 0. The Hall–Kier alpha value is -0.860. The molecule has 1 unspecified atom stereocenters. The van der Waals surface area contributed by atoms with E-state index in [2.05, 4.69) is 31.2 Å². The van der Waals surface area contributed by atoms with Crippen molar-refractivity contribution in [1.82, 2.24) is 0 Å². The quantitative estimate of drug-likeness (QED) is 0.792. The van der Waals surface area contributed by atoms with Crippen molar-refractivity contribution in [2.75, 3.05) is 6.54 Å². The van der Waals surface area contributed by atoms with E-state index in [9.17, 15) is 0 Å². The largest absolute Gasteiger partial charge is 0.330 e. The summed E-state index contributed by atoms with van der Waals surface area (Å²) in [6.07, 6.45) is 3.63. The van der Waals surface area contributed by atoms with Crippen molar-refractivity contribution in [2.24, 2.45) is 16.9 Å². The fourth-order valence-corrected chi connectivity index (χ4v) is 2.49. The van der Waals surface area contributed by atoms with Crippen molar-refractivity contribution in [1.29, 1.82) is 0 Å². The van der Waals surface area contributed by atoms with Crippen molar-refractivity contribution in [2.45, 2.75) is 32.2 Å². The van der Waals surface area contributed by atoms with E-state index in [0.717, 1.165) is 0 Å². The predicted octanol–water partition coefficient (Wildman–Crippen LogP) is 2.12. The summed E-state index contributed by atoms with van der Waals surface area (Å²) in [5, 5.41) is 0. The lowest BCUT2D eigenvalue weighted by Gasteiger charge is -2.45. The minimum absolute atomic E-state index is 0.108. The molecule has 0 bridgehead atoms. The molecule has 0 heterocycles. The molecule has 0 aromatic heterocycles. The third-order valence-corrected chi connectivity index (χ3v) is 3.82. The van der Waals surface area contributed by atoms with Crippen LogP contribution in [-0.4, -0.2) is 6.54 Å². The van der Waals surface area contributed by atoms with Gasteiger partial charge in [0.05, 0.1) is 0 Å². The molecule has 1 aromatic carbocycles. The minimum atomic E-state index is 0.108. The van der Waals surface area contributed by atoms with Crippen LogP contribution in [-0.2, 0) is 0 Å². The second-order valence-corrected chi connectivity index (χ2v) is 4.81. The molecule has 1 fully saturated rings. The zero-order valence-corrected chi connectivity index (χ0v) is 9.37. The molecule has 1 saturated carbocycles. The Morgan fingerprint density at radius 1 is 1.40 bits per heavy atom. The third kappa shape index (κ3) is 1.80. The highest BCUT2D eigenvalue weighted by molar-refractivity contribution is 5.27. The van der Waals surface area contributed by atoms with Crippen LogP contribution in [0.4, 0.5) is 0 Å². The molecule has 82 valence electrons. The minimum Gasteiger partial charge on any atom is -0.330 e. The van der Waals surface area contributed by atoms with Crippen molar-refractivity contribution in [3.8, 4) is 0 Å². The molecule has 1 aliphatic carbocycles.